The summed E-state index contributed by atoms with van der Waals surface area (Å²) in [7, 11) is 0. The van der Waals surface area contributed by atoms with Gasteiger partial charge < -0.3 is 10.6 Å². The SMILES string of the molecule is CC(C)(C)c1ccc(C(=O)c2cccc(NC(=S)NCc3cccc(F)c3)c2)cc1. The molecule has 0 saturated heterocycles. The molecule has 0 aliphatic heterocycles. The monoisotopic (exact) mass is 420 g/mol. The molecule has 5 heteroatoms. The lowest BCUT2D eigenvalue weighted by molar-refractivity contribution is 0.103. The van der Waals surface area contributed by atoms with Crippen molar-refractivity contribution < 1.29 is 9.18 Å². The summed E-state index contributed by atoms with van der Waals surface area (Å²) in [5.74, 6) is -0.326. The summed E-state index contributed by atoms with van der Waals surface area (Å²) in [4.78, 5) is 12.9. The number of nitrogens with one attached hydrogen (secondary N) is 2. The van der Waals surface area contributed by atoms with Crippen molar-refractivity contribution in [2.24, 2.45) is 0 Å². The van der Waals surface area contributed by atoms with Gasteiger partial charge in [-0.25, -0.2) is 4.39 Å². The number of anilines is 1. The predicted molar refractivity (Wildman–Crippen MR) is 124 cm³/mol. The molecule has 0 bridgehead atoms. The minimum atomic E-state index is -0.282. The van der Waals surface area contributed by atoms with E-state index in [2.05, 4.69) is 31.4 Å². The lowest BCUT2D eigenvalue weighted by atomic mass is 9.86. The van der Waals surface area contributed by atoms with Gasteiger partial charge in [0.15, 0.2) is 10.9 Å². The first-order valence-electron chi connectivity index (χ1n) is 9.77. The van der Waals surface area contributed by atoms with E-state index < -0.39 is 0 Å². The lowest BCUT2D eigenvalue weighted by Crippen LogP contribution is -2.28. The van der Waals surface area contributed by atoms with Crippen LogP contribution in [0.4, 0.5) is 10.1 Å². The third-order valence-corrected chi connectivity index (χ3v) is 4.98. The molecule has 0 unspecified atom stereocenters. The topological polar surface area (TPSA) is 41.1 Å². The summed E-state index contributed by atoms with van der Waals surface area (Å²) < 4.78 is 13.3. The molecule has 30 heavy (non-hydrogen) atoms. The normalized spacial score (nSPS) is 11.1. The standard InChI is InChI=1S/C25H25FN2OS/c1-25(2,3)20-12-10-18(11-13-20)23(29)19-7-5-9-22(15-19)28-24(30)27-16-17-6-4-8-21(26)14-17/h4-15H,16H2,1-3H3,(H2,27,28,30). The molecule has 0 radical (unpaired) electrons. The Labute approximate surface area is 182 Å². The fourth-order valence-electron chi connectivity index (χ4n) is 3.03. The molecule has 3 aromatic carbocycles. The van der Waals surface area contributed by atoms with E-state index in [0.29, 0.717) is 28.5 Å². The van der Waals surface area contributed by atoms with E-state index in [0.717, 1.165) is 5.56 Å². The van der Waals surface area contributed by atoms with Gasteiger partial charge in [-0.15, -0.1) is 0 Å². The van der Waals surface area contributed by atoms with E-state index in [9.17, 15) is 9.18 Å². The quantitative estimate of drug-likeness (QED) is 0.402. The van der Waals surface area contributed by atoms with Crippen LogP contribution in [0.3, 0.4) is 0 Å². The number of carbonyl (C=O) groups excluding carboxylic acids is 1. The zero-order valence-electron chi connectivity index (χ0n) is 17.3. The zero-order chi connectivity index (χ0) is 21.7. The summed E-state index contributed by atoms with van der Waals surface area (Å²) in [6.45, 7) is 6.83. The van der Waals surface area contributed by atoms with E-state index in [-0.39, 0.29) is 17.0 Å². The molecule has 0 aliphatic rings. The minimum Gasteiger partial charge on any atom is -0.358 e. The van der Waals surface area contributed by atoms with Crippen molar-refractivity contribution >= 4 is 28.8 Å². The zero-order valence-corrected chi connectivity index (χ0v) is 18.1. The van der Waals surface area contributed by atoms with Gasteiger partial charge in [-0.3, -0.25) is 4.79 Å². The second kappa shape index (κ2) is 9.18. The molecule has 0 heterocycles. The largest absolute Gasteiger partial charge is 0.358 e. The number of halogens is 1. The van der Waals surface area contributed by atoms with E-state index in [1.165, 1.54) is 17.7 Å². The Hall–Kier alpha value is -3.05. The van der Waals surface area contributed by atoms with Gasteiger partial charge in [-0.05, 0) is 53.0 Å². The Bertz CT molecular complexity index is 1060. The number of benzene rings is 3. The van der Waals surface area contributed by atoms with Crippen LogP contribution in [0, 0.1) is 5.82 Å². The van der Waals surface area contributed by atoms with Gasteiger partial charge >= 0.3 is 0 Å². The first-order valence-corrected chi connectivity index (χ1v) is 10.2. The molecule has 2 N–H and O–H groups in total. The van der Waals surface area contributed by atoms with E-state index in [1.807, 2.05) is 42.5 Å². The molecule has 0 amide bonds. The molecular formula is C25H25FN2OS. The molecule has 3 aromatic rings. The molecule has 3 nitrogen and oxygen atoms in total. The number of ketones is 1. The highest BCUT2D eigenvalue weighted by atomic mass is 32.1. The number of hydrogen-bond acceptors (Lipinski definition) is 2. The maximum absolute atomic E-state index is 13.3. The highest BCUT2D eigenvalue weighted by molar-refractivity contribution is 7.80. The summed E-state index contributed by atoms with van der Waals surface area (Å²) in [6.07, 6.45) is 0. The first kappa shape index (κ1) is 21.7. The Kier molecular flexibility index (Phi) is 6.63. The van der Waals surface area contributed by atoms with Gasteiger partial charge in [0.1, 0.15) is 5.82 Å². The molecular weight excluding hydrogens is 395 g/mol. The number of rotatable bonds is 5. The van der Waals surface area contributed by atoms with Gasteiger partial charge in [-0.1, -0.05) is 69.3 Å². The molecule has 0 atom stereocenters. The second-order valence-corrected chi connectivity index (χ2v) is 8.58. The molecule has 0 aromatic heterocycles. The Morgan fingerprint density at radius 3 is 2.30 bits per heavy atom. The molecule has 0 spiro atoms. The van der Waals surface area contributed by atoms with Crippen LogP contribution in [0.2, 0.25) is 0 Å². The molecule has 154 valence electrons. The van der Waals surface area contributed by atoms with Crippen molar-refractivity contribution in [1.29, 1.82) is 0 Å². The van der Waals surface area contributed by atoms with Gasteiger partial charge in [0.05, 0.1) is 0 Å². The third kappa shape index (κ3) is 5.74. The molecule has 3 rings (SSSR count). The van der Waals surface area contributed by atoms with Crippen molar-refractivity contribution in [3.8, 4) is 0 Å². The second-order valence-electron chi connectivity index (χ2n) is 8.17. The number of thiocarbonyl (C=S) groups is 1. The van der Waals surface area contributed by atoms with Crippen LogP contribution in [0.1, 0.15) is 47.8 Å². The number of carbonyl (C=O) groups is 1. The Morgan fingerprint density at radius 1 is 0.933 bits per heavy atom. The van der Waals surface area contributed by atoms with Gasteiger partial charge in [0.2, 0.25) is 0 Å². The van der Waals surface area contributed by atoms with Crippen LogP contribution in [0.15, 0.2) is 72.8 Å². The van der Waals surface area contributed by atoms with Gasteiger partial charge in [-0.2, -0.15) is 0 Å². The molecule has 0 aliphatic carbocycles. The van der Waals surface area contributed by atoms with E-state index >= 15 is 0 Å². The summed E-state index contributed by atoms with van der Waals surface area (Å²) >= 11 is 5.32. The van der Waals surface area contributed by atoms with Gasteiger partial charge in [0.25, 0.3) is 0 Å². The highest BCUT2D eigenvalue weighted by Crippen LogP contribution is 2.23. The van der Waals surface area contributed by atoms with Crippen LogP contribution in [-0.2, 0) is 12.0 Å². The maximum Gasteiger partial charge on any atom is 0.193 e. The Balaban J connectivity index is 1.65. The number of hydrogen-bond donors (Lipinski definition) is 2. The molecule has 0 fully saturated rings. The summed E-state index contributed by atoms with van der Waals surface area (Å²) in [5, 5.41) is 6.52. The average Bonchev–Trinajstić information content (AvgIpc) is 2.71. The van der Waals surface area contributed by atoms with Crippen molar-refractivity contribution in [1.82, 2.24) is 5.32 Å². The average molecular weight is 421 g/mol. The van der Waals surface area contributed by atoms with E-state index in [1.54, 1.807) is 18.2 Å². The van der Waals surface area contributed by atoms with Crippen molar-refractivity contribution in [2.75, 3.05) is 5.32 Å². The van der Waals surface area contributed by atoms with Crippen molar-refractivity contribution in [2.45, 2.75) is 32.7 Å². The summed E-state index contributed by atoms with van der Waals surface area (Å²) in [5.41, 5.74) is 3.96. The van der Waals surface area contributed by atoms with Crippen LogP contribution < -0.4 is 10.6 Å². The van der Waals surface area contributed by atoms with Crippen molar-refractivity contribution in [3.63, 3.8) is 0 Å². The predicted octanol–water partition coefficient (Wildman–Crippen LogP) is 5.84. The lowest BCUT2D eigenvalue weighted by Gasteiger charge is -2.19. The fourth-order valence-corrected chi connectivity index (χ4v) is 3.22. The van der Waals surface area contributed by atoms with Crippen molar-refractivity contribution in [3.05, 3.63) is 101 Å². The maximum atomic E-state index is 13.3. The van der Waals surface area contributed by atoms with Crippen LogP contribution >= 0.6 is 12.2 Å². The van der Waals surface area contributed by atoms with E-state index in [4.69, 9.17) is 12.2 Å². The Morgan fingerprint density at radius 2 is 1.63 bits per heavy atom. The fraction of sp³-hybridized carbons (Fsp3) is 0.200. The van der Waals surface area contributed by atoms with Crippen LogP contribution in [-0.4, -0.2) is 10.9 Å². The first-order chi connectivity index (χ1) is 14.2. The van der Waals surface area contributed by atoms with Crippen LogP contribution in [0.25, 0.3) is 0 Å². The van der Waals surface area contributed by atoms with Gasteiger partial charge in [0, 0.05) is 23.4 Å². The smallest absolute Gasteiger partial charge is 0.193 e. The highest BCUT2D eigenvalue weighted by Gasteiger charge is 2.15. The minimum absolute atomic E-state index is 0.0413. The molecule has 0 saturated carbocycles. The third-order valence-electron chi connectivity index (χ3n) is 4.74. The summed E-state index contributed by atoms with van der Waals surface area (Å²) in [6, 6.07) is 21.3. The van der Waals surface area contributed by atoms with Crippen LogP contribution in [0.5, 0.6) is 0 Å².